The minimum atomic E-state index is -0.618. The number of rotatable bonds is 7. The number of nitrogens with two attached hydrogens (primary N) is 1. The van der Waals surface area contributed by atoms with Crippen LogP contribution in [0, 0.1) is 0 Å². The minimum Gasteiger partial charge on any atom is -0.462 e. The topological polar surface area (TPSA) is 75.9 Å². The van der Waals surface area contributed by atoms with Crippen molar-refractivity contribution in [2.75, 3.05) is 58.8 Å². The highest BCUT2D eigenvalue weighted by molar-refractivity contribution is 5.95. The van der Waals surface area contributed by atoms with Gasteiger partial charge in [-0.05, 0) is 36.8 Å². The molecular weight excluding hydrogens is 404 g/mol. The first kappa shape index (κ1) is 23.9. The molecule has 32 heavy (non-hydrogen) atoms. The van der Waals surface area contributed by atoms with Gasteiger partial charge in [-0.25, -0.2) is 4.79 Å². The van der Waals surface area contributed by atoms with Crippen LogP contribution in [-0.2, 0) is 16.0 Å². The van der Waals surface area contributed by atoms with Crippen molar-refractivity contribution in [1.29, 1.82) is 0 Å². The molecule has 1 saturated heterocycles. The highest BCUT2D eigenvalue weighted by Crippen LogP contribution is 2.25. The Morgan fingerprint density at radius 2 is 1.78 bits per heavy atom. The lowest BCUT2D eigenvalue weighted by Gasteiger charge is -2.50. The van der Waals surface area contributed by atoms with E-state index in [-0.39, 0.29) is 18.4 Å². The lowest BCUT2D eigenvalue weighted by Crippen LogP contribution is -2.73. The number of amides is 1. The number of carbonyl (C=O) groups is 2. The van der Waals surface area contributed by atoms with Gasteiger partial charge in [0.25, 0.3) is 0 Å². The molecule has 0 aliphatic carbocycles. The number of piperazine rings is 1. The van der Waals surface area contributed by atoms with Crippen LogP contribution in [0.5, 0.6) is 0 Å². The summed E-state index contributed by atoms with van der Waals surface area (Å²) in [6, 6.07) is 17.1. The molecule has 1 atom stereocenters. The van der Waals surface area contributed by atoms with Gasteiger partial charge in [-0.2, -0.15) is 0 Å². The molecular formula is C25H35N4O3+. The smallest absolute Gasteiger partial charge is 0.338 e. The van der Waals surface area contributed by atoms with Crippen molar-refractivity contribution in [2.24, 2.45) is 5.73 Å². The minimum absolute atomic E-state index is 0.0380. The number of anilines is 1. The van der Waals surface area contributed by atoms with E-state index in [4.69, 9.17) is 10.5 Å². The quantitative estimate of drug-likeness (QED) is 0.528. The third-order valence-electron chi connectivity index (χ3n) is 6.13. The van der Waals surface area contributed by atoms with E-state index >= 15 is 0 Å². The number of hydrogen-bond donors (Lipinski definition) is 1. The molecule has 2 aromatic carbocycles. The molecule has 172 valence electrons. The first-order valence-corrected chi connectivity index (χ1v) is 11.1. The van der Waals surface area contributed by atoms with Crippen molar-refractivity contribution in [2.45, 2.75) is 19.0 Å². The predicted octanol–water partition coefficient (Wildman–Crippen LogP) is 2.12. The Hall–Kier alpha value is -2.74. The summed E-state index contributed by atoms with van der Waals surface area (Å²) in [5.41, 5.74) is 8.71. The molecule has 1 aliphatic rings. The molecule has 1 aliphatic heterocycles. The van der Waals surface area contributed by atoms with Crippen molar-refractivity contribution >= 4 is 17.6 Å². The van der Waals surface area contributed by atoms with Gasteiger partial charge >= 0.3 is 5.97 Å². The zero-order chi connectivity index (χ0) is 23.4. The summed E-state index contributed by atoms with van der Waals surface area (Å²) in [4.78, 5) is 28.8. The van der Waals surface area contributed by atoms with Crippen molar-refractivity contribution in [1.82, 2.24) is 4.90 Å². The van der Waals surface area contributed by atoms with Crippen molar-refractivity contribution in [3.8, 4) is 0 Å². The molecule has 7 nitrogen and oxygen atoms in total. The van der Waals surface area contributed by atoms with E-state index in [1.807, 2.05) is 18.2 Å². The molecule has 1 unspecified atom stereocenters. The van der Waals surface area contributed by atoms with Gasteiger partial charge in [-0.1, -0.05) is 30.3 Å². The number of esters is 1. The first-order valence-electron chi connectivity index (χ1n) is 11.1. The van der Waals surface area contributed by atoms with Gasteiger partial charge in [-0.3, -0.25) is 9.69 Å². The average Bonchev–Trinajstić information content (AvgIpc) is 2.75. The maximum absolute atomic E-state index is 13.2. The van der Waals surface area contributed by atoms with E-state index in [0.717, 1.165) is 35.4 Å². The molecule has 0 spiro atoms. The zero-order valence-electron chi connectivity index (χ0n) is 19.6. The van der Waals surface area contributed by atoms with E-state index in [2.05, 4.69) is 31.1 Å². The van der Waals surface area contributed by atoms with Gasteiger partial charge in [0.15, 0.2) is 0 Å². The molecule has 2 aromatic rings. The van der Waals surface area contributed by atoms with Crippen LogP contribution in [0.4, 0.5) is 5.69 Å². The second-order valence-corrected chi connectivity index (χ2v) is 9.23. The van der Waals surface area contributed by atoms with Gasteiger partial charge in [-0.15, -0.1) is 0 Å². The highest BCUT2D eigenvalue weighted by Gasteiger charge is 2.44. The number of likely N-dealkylation sites (N-methyl/N-ethyl adjacent to an activating group) is 2. The number of nitrogens with zero attached hydrogens (tertiary/aromatic N) is 3. The summed E-state index contributed by atoms with van der Waals surface area (Å²) < 4.78 is 5.84. The summed E-state index contributed by atoms with van der Waals surface area (Å²) in [6.45, 7) is 4.77. The van der Waals surface area contributed by atoms with Crippen LogP contribution in [0.2, 0.25) is 0 Å². The Labute approximate surface area is 190 Å². The zero-order valence-corrected chi connectivity index (χ0v) is 19.6. The van der Waals surface area contributed by atoms with Gasteiger partial charge in [0, 0.05) is 19.2 Å². The van der Waals surface area contributed by atoms with Gasteiger partial charge in [0.1, 0.15) is 12.2 Å². The highest BCUT2D eigenvalue weighted by atomic mass is 16.5. The van der Waals surface area contributed by atoms with E-state index < -0.39 is 5.66 Å². The molecule has 1 fully saturated rings. The summed E-state index contributed by atoms with van der Waals surface area (Å²) in [6.07, 6.45) is 0.681. The van der Waals surface area contributed by atoms with Crippen LogP contribution in [-0.4, -0.2) is 80.9 Å². The van der Waals surface area contributed by atoms with E-state index in [1.54, 1.807) is 43.1 Å². The number of benzene rings is 2. The van der Waals surface area contributed by atoms with Gasteiger partial charge < -0.3 is 19.9 Å². The van der Waals surface area contributed by atoms with E-state index in [9.17, 15) is 9.59 Å². The molecule has 3 rings (SSSR count). The summed E-state index contributed by atoms with van der Waals surface area (Å²) >= 11 is 0. The SMILES string of the molecule is CCOC(=O)c1ccc(N(C)C(=O)CN2CC[N+](C)(C)CC2(N)Cc2ccccc2)cc1. The molecule has 1 amide bonds. The van der Waals surface area contributed by atoms with Crippen LogP contribution in [0.15, 0.2) is 54.6 Å². The van der Waals surface area contributed by atoms with Crippen LogP contribution in [0.25, 0.3) is 0 Å². The molecule has 0 radical (unpaired) electrons. The van der Waals surface area contributed by atoms with Gasteiger partial charge in [0.2, 0.25) is 5.91 Å². The van der Waals surface area contributed by atoms with Crippen molar-refractivity contribution in [3.63, 3.8) is 0 Å². The lowest BCUT2D eigenvalue weighted by atomic mass is 9.94. The standard InChI is InChI=1S/C25H35N4O3/c1-5-32-24(31)21-11-13-22(14-12-21)27(2)23(30)18-28-15-16-29(3,4)19-25(28,26)17-20-9-7-6-8-10-20/h6-14H,5,15-19,26H2,1-4H3/q+1. The largest absolute Gasteiger partial charge is 0.462 e. The van der Waals surface area contributed by atoms with Crippen LogP contribution in [0.3, 0.4) is 0 Å². The third kappa shape index (κ3) is 5.73. The molecule has 7 heteroatoms. The molecule has 0 saturated carbocycles. The molecule has 1 heterocycles. The molecule has 0 bridgehead atoms. The van der Waals surface area contributed by atoms with Gasteiger partial charge in [0.05, 0.1) is 45.9 Å². The molecule has 2 N–H and O–H groups in total. The van der Waals surface area contributed by atoms with E-state index in [1.165, 1.54) is 0 Å². The van der Waals surface area contributed by atoms with E-state index in [0.29, 0.717) is 18.6 Å². The fourth-order valence-corrected chi connectivity index (χ4v) is 4.34. The van der Waals surface area contributed by atoms with Crippen LogP contribution < -0.4 is 10.6 Å². The predicted molar refractivity (Wildman–Crippen MR) is 126 cm³/mol. The van der Waals surface area contributed by atoms with Crippen LogP contribution >= 0.6 is 0 Å². The second kappa shape index (κ2) is 9.81. The Bertz CT molecular complexity index is 930. The normalized spacial score (nSPS) is 20.5. The summed E-state index contributed by atoms with van der Waals surface area (Å²) in [5.74, 6) is -0.403. The van der Waals surface area contributed by atoms with Crippen LogP contribution in [0.1, 0.15) is 22.8 Å². The maximum Gasteiger partial charge on any atom is 0.338 e. The van der Waals surface area contributed by atoms with Crippen molar-refractivity contribution in [3.05, 3.63) is 65.7 Å². The fourth-order valence-electron chi connectivity index (χ4n) is 4.34. The Kier molecular flexibility index (Phi) is 7.33. The molecule has 0 aromatic heterocycles. The fraction of sp³-hybridized carbons (Fsp3) is 0.440. The number of hydrogen-bond acceptors (Lipinski definition) is 5. The number of carbonyl (C=O) groups excluding carboxylic acids is 2. The lowest BCUT2D eigenvalue weighted by molar-refractivity contribution is -0.901. The maximum atomic E-state index is 13.2. The average molecular weight is 440 g/mol. The third-order valence-corrected chi connectivity index (χ3v) is 6.13. The first-order chi connectivity index (χ1) is 15.1. The number of ether oxygens (including phenoxy) is 1. The Balaban J connectivity index is 1.73. The second-order valence-electron chi connectivity index (χ2n) is 9.23. The summed E-state index contributed by atoms with van der Waals surface area (Å²) in [5, 5.41) is 0. The summed E-state index contributed by atoms with van der Waals surface area (Å²) in [7, 11) is 6.12. The van der Waals surface area contributed by atoms with Crippen molar-refractivity contribution < 1.29 is 18.8 Å². The Morgan fingerprint density at radius 3 is 2.41 bits per heavy atom. The Morgan fingerprint density at radius 1 is 1.12 bits per heavy atom. The monoisotopic (exact) mass is 439 g/mol. The number of quaternary nitrogens is 1.